The van der Waals surface area contributed by atoms with E-state index in [-0.39, 0.29) is 60.3 Å². The zero-order valence-electron chi connectivity index (χ0n) is 38.5. The first-order valence-corrected chi connectivity index (χ1v) is 21.6. The summed E-state index contributed by atoms with van der Waals surface area (Å²) >= 11 is 0. The molecular formula is C44H74O17. The van der Waals surface area contributed by atoms with Gasteiger partial charge in [0.2, 0.25) is 0 Å². The van der Waals surface area contributed by atoms with Gasteiger partial charge in [-0.3, -0.25) is 9.59 Å². The largest absolute Gasteiger partial charge is 0.457 e. The van der Waals surface area contributed by atoms with Gasteiger partial charge in [0, 0.05) is 37.5 Å². The molecule has 6 saturated heterocycles. The van der Waals surface area contributed by atoms with Gasteiger partial charge in [0.1, 0.15) is 24.4 Å². The summed E-state index contributed by atoms with van der Waals surface area (Å²) in [7, 11) is 0. The van der Waals surface area contributed by atoms with Crippen LogP contribution in [0.25, 0.3) is 0 Å². The molecule has 6 fully saturated rings. The molecule has 6 aliphatic rings. The van der Waals surface area contributed by atoms with Crippen LogP contribution in [0.15, 0.2) is 25.3 Å². The van der Waals surface area contributed by atoms with Crippen LogP contribution in [-0.2, 0) is 71.2 Å². The molecule has 6 heterocycles. The molecule has 0 aromatic heterocycles. The predicted octanol–water partition coefficient (Wildman–Crippen LogP) is 4.53. The van der Waals surface area contributed by atoms with Gasteiger partial charge >= 0.3 is 11.9 Å². The fourth-order valence-corrected chi connectivity index (χ4v) is 8.42. The van der Waals surface area contributed by atoms with Crippen molar-refractivity contribution in [1.29, 1.82) is 0 Å². The van der Waals surface area contributed by atoms with E-state index in [0.717, 1.165) is 0 Å². The van der Waals surface area contributed by atoms with Crippen LogP contribution >= 0.6 is 0 Å². The third-order valence-electron chi connectivity index (χ3n) is 11.9. The average molecular weight is 875 g/mol. The van der Waals surface area contributed by atoms with Crippen LogP contribution in [0.3, 0.4) is 0 Å². The molecule has 17 heteroatoms. The van der Waals surface area contributed by atoms with Gasteiger partial charge in [0.05, 0.1) is 49.8 Å². The highest BCUT2D eigenvalue weighted by molar-refractivity contribution is 5.66. The second kappa shape index (κ2) is 21.7. The SMILES string of the molecule is C=CCO[C@H]1OC(C)[C@H](OC(C)=O)C(O)[C@H]1C.C=CCO[C@H]1OC(C)[C@H](OC(C)=O)C(O[C@@H]2OC(C)[C@H](C)[C@@H]3OC(C)(C)OC23)[C@H]1C.CC1O[C@@H](O)C2OC(C)(C)O[C@H]2[C@H]1C. The Labute approximate surface area is 361 Å². The normalized spacial score (nSPS) is 44.7. The molecule has 0 amide bonds. The molecule has 61 heavy (non-hydrogen) atoms. The van der Waals surface area contributed by atoms with E-state index in [1.54, 1.807) is 26.0 Å². The number of hydrogen-bond acceptors (Lipinski definition) is 17. The number of rotatable bonds is 10. The van der Waals surface area contributed by atoms with Gasteiger partial charge < -0.3 is 71.8 Å². The van der Waals surface area contributed by atoms with Crippen molar-refractivity contribution < 1.29 is 81.4 Å². The number of aliphatic hydroxyl groups excluding tert-OH is 2. The van der Waals surface area contributed by atoms with Crippen LogP contribution in [0.1, 0.15) is 96.9 Å². The summed E-state index contributed by atoms with van der Waals surface area (Å²) in [5.74, 6) is -2.26. The van der Waals surface area contributed by atoms with Crippen molar-refractivity contribution in [2.24, 2.45) is 23.7 Å². The first-order valence-electron chi connectivity index (χ1n) is 21.6. The third-order valence-corrected chi connectivity index (χ3v) is 11.9. The van der Waals surface area contributed by atoms with Crippen molar-refractivity contribution in [2.45, 2.75) is 207 Å². The molecule has 17 nitrogen and oxygen atoms in total. The van der Waals surface area contributed by atoms with Gasteiger partial charge in [-0.15, -0.1) is 13.2 Å². The summed E-state index contributed by atoms with van der Waals surface area (Å²) in [6, 6.07) is 0. The molecule has 0 bridgehead atoms. The third kappa shape index (κ3) is 13.0. The molecule has 20 atom stereocenters. The summed E-state index contributed by atoms with van der Waals surface area (Å²) in [4.78, 5) is 22.7. The molecule has 0 spiro atoms. The zero-order valence-corrected chi connectivity index (χ0v) is 38.5. The van der Waals surface area contributed by atoms with Crippen LogP contribution in [0.5, 0.6) is 0 Å². The number of ether oxygens (including phenoxy) is 13. The van der Waals surface area contributed by atoms with Gasteiger partial charge in [-0.2, -0.15) is 0 Å². The van der Waals surface area contributed by atoms with E-state index < -0.39 is 85.3 Å². The van der Waals surface area contributed by atoms with Crippen molar-refractivity contribution in [2.75, 3.05) is 13.2 Å². The van der Waals surface area contributed by atoms with E-state index in [4.69, 9.17) is 61.6 Å². The van der Waals surface area contributed by atoms with Crippen molar-refractivity contribution in [3.05, 3.63) is 25.3 Å². The van der Waals surface area contributed by atoms with Crippen LogP contribution < -0.4 is 0 Å². The fraction of sp³-hybridized carbons (Fsp3) is 0.864. The zero-order chi connectivity index (χ0) is 45.7. The molecular weight excluding hydrogens is 800 g/mol. The van der Waals surface area contributed by atoms with Crippen molar-refractivity contribution in [3.8, 4) is 0 Å². The molecule has 8 unspecified atom stereocenters. The minimum atomic E-state index is -0.868. The van der Waals surface area contributed by atoms with E-state index in [1.165, 1.54) is 13.8 Å². The number of fused-ring (bicyclic) bond motifs is 2. The number of carbonyl (C=O) groups excluding carboxylic acids is 2. The van der Waals surface area contributed by atoms with Crippen LogP contribution in [0, 0.1) is 23.7 Å². The second-order valence-electron chi connectivity index (χ2n) is 17.9. The first kappa shape index (κ1) is 51.5. The highest BCUT2D eigenvalue weighted by Crippen LogP contribution is 2.43. The Morgan fingerprint density at radius 2 is 0.951 bits per heavy atom. The highest BCUT2D eigenvalue weighted by atomic mass is 16.8. The van der Waals surface area contributed by atoms with E-state index in [0.29, 0.717) is 13.2 Å². The van der Waals surface area contributed by atoms with E-state index >= 15 is 0 Å². The van der Waals surface area contributed by atoms with E-state index in [1.807, 2.05) is 55.4 Å². The van der Waals surface area contributed by atoms with Gasteiger partial charge in [-0.25, -0.2) is 0 Å². The number of carbonyl (C=O) groups is 2. The minimum absolute atomic E-state index is 0.00347. The lowest BCUT2D eigenvalue weighted by Crippen LogP contribution is -2.60. The molecule has 6 aliphatic heterocycles. The topological polar surface area (TPSA) is 195 Å². The Balaban J connectivity index is 0.000000222. The molecule has 0 aromatic rings. The molecule has 0 aromatic carbocycles. The highest BCUT2D eigenvalue weighted by Gasteiger charge is 2.56. The smallest absolute Gasteiger partial charge is 0.303 e. The first-order chi connectivity index (χ1) is 28.4. The van der Waals surface area contributed by atoms with Crippen molar-refractivity contribution in [3.63, 3.8) is 0 Å². The lowest BCUT2D eigenvalue weighted by atomic mass is 9.90. The van der Waals surface area contributed by atoms with E-state index in [2.05, 4.69) is 27.0 Å². The Bertz CT molecular complexity index is 1440. The summed E-state index contributed by atoms with van der Waals surface area (Å²) in [5, 5.41) is 19.7. The maximum atomic E-state index is 11.8. The Morgan fingerprint density at radius 1 is 0.541 bits per heavy atom. The summed E-state index contributed by atoms with van der Waals surface area (Å²) in [6.07, 6.45) is -3.70. The second-order valence-corrected chi connectivity index (χ2v) is 17.9. The predicted molar refractivity (Wildman–Crippen MR) is 218 cm³/mol. The van der Waals surface area contributed by atoms with Gasteiger partial charge in [0.25, 0.3) is 0 Å². The molecule has 2 N–H and O–H groups in total. The Morgan fingerprint density at radius 3 is 1.46 bits per heavy atom. The Kier molecular flexibility index (Phi) is 18.3. The van der Waals surface area contributed by atoms with Gasteiger partial charge in [0.15, 0.2) is 48.9 Å². The number of hydrogen-bond donors (Lipinski definition) is 2. The minimum Gasteiger partial charge on any atom is -0.457 e. The Hall–Kier alpha value is -2.10. The lowest BCUT2D eigenvalue weighted by molar-refractivity contribution is -0.332. The monoisotopic (exact) mass is 874 g/mol. The van der Waals surface area contributed by atoms with E-state index in [9.17, 15) is 19.8 Å². The number of esters is 2. The van der Waals surface area contributed by atoms with Crippen molar-refractivity contribution >= 4 is 11.9 Å². The van der Waals surface area contributed by atoms with Crippen molar-refractivity contribution in [1.82, 2.24) is 0 Å². The molecule has 0 aliphatic carbocycles. The molecule has 0 radical (unpaired) electrons. The maximum absolute atomic E-state index is 11.8. The van der Waals surface area contributed by atoms with Crippen LogP contribution in [0.4, 0.5) is 0 Å². The fourth-order valence-electron chi connectivity index (χ4n) is 8.42. The average Bonchev–Trinajstić information content (AvgIpc) is 3.69. The number of aliphatic hydroxyl groups is 2. The standard InChI is InChI=1S/C22H36O8.C12H20O5.C10H18O4/c1-9-10-24-20-12(3)16(18(14(5)26-20)27-15(6)23)28-21-19-17(11(2)13(4)25-21)29-22(7,8)30-19;1-5-6-15-12-7(2)10(14)11(8(3)16-12)17-9(4)13;1-5-6(2)12-9(11)8-7(5)13-10(3,4)14-8/h9,11-14,16-21H,1,10H2,2-8H3;5,7-8,10-12,14H,1,6H2,2-4H3;5-9,11H,1-4H3/t11-,12+,13?,14?,16?,17-,18-,19?,20-,21-;7-,8?,10?,11+,12+;5-,6?,7-,8?,9+/m010/s1. The summed E-state index contributed by atoms with van der Waals surface area (Å²) in [5.41, 5.74) is 0. The van der Waals surface area contributed by atoms with Crippen LogP contribution in [-0.4, -0.2) is 145 Å². The summed E-state index contributed by atoms with van der Waals surface area (Å²) in [6.45, 7) is 33.5. The molecule has 352 valence electrons. The lowest BCUT2D eigenvalue weighted by Gasteiger charge is -2.47. The molecule has 6 rings (SSSR count). The molecule has 0 saturated carbocycles. The maximum Gasteiger partial charge on any atom is 0.303 e. The van der Waals surface area contributed by atoms with Gasteiger partial charge in [-0.05, 0) is 55.4 Å². The summed E-state index contributed by atoms with van der Waals surface area (Å²) < 4.78 is 75.0. The quantitative estimate of drug-likeness (QED) is 0.229. The van der Waals surface area contributed by atoms with Gasteiger partial charge in [-0.1, -0.05) is 39.8 Å². The van der Waals surface area contributed by atoms with Crippen LogP contribution in [0.2, 0.25) is 0 Å².